The van der Waals surface area contributed by atoms with Crippen molar-refractivity contribution < 1.29 is 14.7 Å². The van der Waals surface area contributed by atoms with Crippen LogP contribution in [0, 0.1) is 6.92 Å². The topological polar surface area (TPSA) is 86.9 Å². The van der Waals surface area contributed by atoms with Crippen molar-refractivity contribution >= 4 is 17.7 Å². The van der Waals surface area contributed by atoms with Gasteiger partial charge in [0, 0.05) is 18.6 Å². The van der Waals surface area contributed by atoms with Gasteiger partial charge in [-0.15, -0.1) is 0 Å². The van der Waals surface area contributed by atoms with Crippen molar-refractivity contribution in [3.8, 4) is 0 Å². The van der Waals surface area contributed by atoms with Crippen molar-refractivity contribution in [3.63, 3.8) is 0 Å². The molecule has 154 valence electrons. The second kappa shape index (κ2) is 7.87. The lowest BCUT2D eigenvalue weighted by Gasteiger charge is -2.35. The van der Waals surface area contributed by atoms with E-state index in [-0.39, 0.29) is 5.91 Å². The van der Waals surface area contributed by atoms with E-state index in [4.69, 9.17) is 5.73 Å². The van der Waals surface area contributed by atoms with Crippen LogP contribution >= 0.6 is 0 Å². The van der Waals surface area contributed by atoms with E-state index in [0.717, 1.165) is 22.3 Å². The Hall–Kier alpha value is -2.86. The summed E-state index contributed by atoms with van der Waals surface area (Å²) in [6, 6.07) is 12.9. The van der Waals surface area contributed by atoms with Crippen LogP contribution in [0.25, 0.3) is 0 Å². The van der Waals surface area contributed by atoms with E-state index in [9.17, 15) is 14.7 Å². The van der Waals surface area contributed by atoms with Gasteiger partial charge in [-0.05, 0) is 62.4 Å². The van der Waals surface area contributed by atoms with Gasteiger partial charge in [-0.25, -0.2) is 4.79 Å². The largest absolute Gasteiger partial charge is 0.465 e. The van der Waals surface area contributed by atoms with Gasteiger partial charge in [-0.3, -0.25) is 9.69 Å². The fourth-order valence-corrected chi connectivity index (χ4v) is 3.97. The Morgan fingerprint density at radius 2 is 1.86 bits per heavy atom. The number of amides is 2. The number of nitrogens with two attached hydrogens (primary N) is 1. The minimum absolute atomic E-state index is 0.0862. The second-order valence-electron chi connectivity index (χ2n) is 8.63. The first-order valence-electron chi connectivity index (χ1n) is 9.82. The Morgan fingerprint density at radius 3 is 2.45 bits per heavy atom. The summed E-state index contributed by atoms with van der Waals surface area (Å²) in [5, 5.41) is 9.82. The van der Waals surface area contributed by atoms with E-state index in [2.05, 4.69) is 0 Å². The first-order valence-corrected chi connectivity index (χ1v) is 9.82. The molecule has 0 radical (unpaired) electrons. The monoisotopic (exact) mass is 395 g/mol. The van der Waals surface area contributed by atoms with Crippen LogP contribution < -0.4 is 10.6 Å². The normalized spacial score (nSPS) is 16.9. The molecule has 0 spiro atoms. The summed E-state index contributed by atoms with van der Waals surface area (Å²) in [4.78, 5) is 28.1. The van der Waals surface area contributed by atoms with Gasteiger partial charge in [0.05, 0.1) is 11.7 Å². The van der Waals surface area contributed by atoms with Crippen molar-refractivity contribution in [3.05, 3.63) is 64.7 Å². The van der Waals surface area contributed by atoms with Gasteiger partial charge < -0.3 is 15.7 Å². The average Bonchev–Trinajstić information content (AvgIpc) is 2.75. The molecule has 3 rings (SSSR count). The molecule has 2 amide bonds. The second-order valence-corrected chi connectivity index (χ2v) is 8.63. The minimum atomic E-state index is -0.997. The minimum Gasteiger partial charge on any atom is -0.465 e. The third kappa shape index (κ3) is 4.27. The van der Waals surface area contributed by atoms with E-state index in [0.29, 0.717) is 25.2 Å². The molecule has 1 atom stereocenters. The number of fused-ring (bicyclic) bond motifs is 1. The number of anilines is 1. The lowest BCUT2D eigenvalue weighted by atomic mass is 9.94. The Morgan fingerprint density at radius 1 is 1.21 bits per heavy atom. The number of nitrogens with zero attached hydrogens (tertiary/aromatic N) is 2. The van der Waals surface area contributed by atoms with Crippen LogP contribution in [0.3, 0.4) is 0 Å². The van der Waals surface area contributed by atoms with Gasteiger partial charge in [0.1, 0.15) is 0 Å². The Labute approximate surface area is 171 Å². The van der Waals surface area contributed by atoms with Gasteiger partial charge in [0.15, 0.2) is 0 Å². The summed E-state index contributed by atoms with van der Waals surface area (Å²) < 4.78 is 0. The molecule has 2 aromatic carbocycles. The molecule has 0 saturated carbocycles. The molecule has 2 aromatic rings. The molecule has 1 aliphatic rings. The summed E-state index contributed by atoms with van der Waals surface area (Å²) in [5.74, 6) is -0.0862. The van der Waals surface area contributed by atoms with E-state index >= 15 is 0 Å². The number of carboxylic acid groups (broad SMARTS) is 1. The van der Waals surface area contributed by atoms with E-state index < -0.39 is 17.7 Å². The highest BCUT2D eigenvalue weighted by atomic mass is 16.4. The van der Waals surface area contributed by atoms with Crippen molar-refractivity contribution in [2.75, 3.05) is 4.90 Å². The molecule has 0 unspecified atom stereocenters. The number of hydrogen-bond donors (Lipinski definition) is 2. The third-order valence-corrected chi connectivity index (χ3v) is 5.40. The summed E-state index contributed by atoms with van der Waals surface area (Å²) >= 11 is 0. The average molecular weight is 396 g/mol. The zero-order valence-electron chi connectivity index (χ0n) is 17.5. The number of benzene rings is 2. The lowest BCUT2D eigenvalue weighted by molar-refractivity contribution is -0.133. The zero-order valence-corrected chi connectivity index (χ0v) is 17.5. The van der Waals surface area contributed by atoms with Crippen molar-refractivity contribution in [2.24, 2.45) is 5.73 Å². The molecule has 0 bridgehead atoms. The van der Waals surface area contributed by atoms with E-state index in [1.54, 1.807) is 4.90 Å². The molecule has 0 saturated heterocycles. The van der Waals surface area contributed by atoms with E-state index in [1.165, 1.54) is 4.90 Å². The summed E-state index contributed by atoms with van der Waals surface area (Å²) in [6.07, 6.45) is -0.550. The van der Waals surface area contributed by atoms with Crippen molar-refractivity contribution in [1.29, 1.82) is 0 Å². The van der Waals surface area contributed by atoms with Crippen LogP contribution in [-0.2, 0) is 24.3 Å². The standard InChI is InChI=1S/C23H29N3O3/c1-15-18-14-25(13-16-8-6-5-7-9-16)21(27)19(24)12-17(18)10-11-20(15)26(22(28)29)23(2,3)4/h5-11,19H,12-14,24H2,1-4H3,(H,28,29)/t19-/m1/s1. The van der Waals surface area contributed by atoms with Crippen molar-refractivity contribution in [2.45, 2.75) is 58.8 Å². The Balaban J connectivity index is 2.04. The summed E-state index contributed by atoms with van der Waals surface area (Å²) in [5.41, 5.74) is 10.2. The lowest BCUT2D eigenvalue weighted by Crippen LogP contribution is -2.45. The first kappa shape index (κ1) is 20.9. The molecule has 1 aliphatic heterocycles. The Kier molecular flexibility index (Phi) is 5.66. The summed E-state index contributed by atoms with van der Waals surface area (Å²) in [6.45, 7) is 8.42. The highest BCUT2D eigenvalue weighted by molar-refractivity contribution is 5.89. The zero-order chi connectivity index (χ0) is 21.3. The SMILES string of the molecule is Cc1c(N(C(=O)O)C(C)(C)C)ccc2c1CN(Cc1ccccc1)C(=O)[C@H](N)C2. The Bertz CT molecular complexity index is 919. The molecular formula is C23H29N3O3. The van der Waals surface area contributed by atoms with Gasteiger partial charge in [0.25, 0.3) is 0 Å². The third-order valence-electron chi connectivity index (χ3n) is 5.40. The molecule has 0 fully saturated rings. The summed E-state index contributed by atoms with van der Waals surface area (Å²) in [7, 11) is 0. The van der Waals surface area contributed by atoms with Crippen LogP contribution in [0.4, 0.5) is 10.5 Å². The number of rotatable bonds is 3. The molecule has 1 heterocycles. The molecular weight excluding hydrogens is 366 g/mol. The van der Waals surface area contributed by atoms with Crippen LogP contribution in [0.1, 0.15) is 43.0 Å². The number of carbonyl (C=O) groups is 2. The number of hydrogen-bond acceptors (Lipinski definition) is 3. The van der Waals surface area contributed by atoms with Gasteiger partial charge >= 0.3 is 6.09 Å². The molecule has 0 aromatic heterocycles. The first-order chi connectivity index (χ1) is 13.6. The van der Waals surface area contributed by atoms with E-state index in [1.807, 2.05) is 70.2 Å². The van der Waals surface area contributed by atoms with Crippen LogP contribution in [0.5, 0.6) is 0 Å². The predicted molar refractivity (Wildman–Crippen MR) is 114 cm³/mol. The molecule has 0 aliphatic carbocycles. The number of carbonyl (C=O) groups excluding carboxylic acids is 1. The fraction of sp³-hybridized carbons (Fsp3) is 0.391. The maximum absolute atomic E-state index is 12.9. The maximum Gasteiger partial charge on any atom is 0.412 e. The molecule has 29 heavy (non-hydrogen) atoms. The molecule has 6 nitrogen and oxygen atoms in total. The van der Waals surface area contributed by atoms with Crippen molar-refractivity contribution in [1.82, 2.24) is 4.90 Å². The highest BCUT2D eigenvalue weighted by Crippen LogP contribution is 2.33. The fourth-order valence-electron chi connectivity index (χ4n) is 3.97. The van der Waals surface area contributed by atoms with Gasteiger partial charge in [-0.1, -0.05) is 36.4 Å². The maximum atomic E-state index is 12.9. The van der Waals surface area contributed by atoms with Crippen LogP contribution in [0.2, 0.25) is 0 Å². The van der Waals surface area contributed by atoms with Crippen LogP contribution in [0.15, 0.2) is 42.5 Å². The highest BCUT2D eigenvalue weighted by Gasteiger charge is 2.33. The predicted octanol–water partition coefficient (Wildman–Crippen LogP) is 3.69. The smallest absolute Gasteiger partial charge is 0.412 e. The quantitative estimate of drug-likeness (QED) is 0.830. The van der Waals surface area contributed by atoms with Gasteiger partial charge in [0.2, 0.25) is 5.91 Å². The van der Waals surface area contributed by atoms with Gasteiger partial charge in [-0.2, -0.15) is 0 Å². The molecule has 6 heteroatoms. The van der Waals surface area contributed by atoms with Crippen LogP contribution in [-0.4, -0.2) is 33.6 Å². The molecule has 3 N–H and O–H groups in total.